The van der Waals surface area contributed by atoms with Crippen LogP contribution in [0.5, 0.6) is 0 Å². The molecule has 0 rings (SSSR count). The van der Waals surface area contributed by atoms with Crippen molar-refractivity contribution < 1.29 is 65.5 Å². The molecule has 0 aliphatic rings. The first kappa shape index (κ1) is 41.2. The Morgan fingerprint density at radius 3 is 0.571 bits per heavy atom. The molecule has 40 valence electrons. The number of hydrogen-bond donors (Lipinski definition) is 2. The van der Waals surface area contributed by atoms with Gasteiger partial charge in [0.05, 0.1) is 0 Å². The van der Waals surface area contributed by atoms with Crippen LogP contribution in [-0.2, 0) is 58.1 Å². The summed E-state index contributed by atoms with van der Waals surface area (Å²) in [6.07, 6.45) is 0. The van der Waals surface area contributed by atoms with Crippen molar-refractivity contribution in [3.05, 3.63) is 0 Å². The maximum absolute atomic E-state index is 7.00. The van der Waals surface area contributed by atoms with E-state index < -0.39 is 0 Å². The fourth-order valence-corrected chi connectivity index (χ4v) is 0. The normalized spacial score (nSPS) is 2.00. The van der Waals surface area contributed by atoms with E-state index in [1.807, 2.05) is 0 Å². The van der Waals surface area contributed by atoms with Gasteiger partial charge in [0.1, 0.15) is 0 Å². The van der Waals surface area contributed by atoms with Gasteiger partial charge >= 0.3 is 49.0 Å². The predicted octanol–water partition coefficient (Wildman–Crippen LogP) is -1.48. The minimum absolute atomic E-state index is 0. The fraction of sp³-hybridized carbons (Fsp3) is 0. The first-order valence-electron chi connectivity index (χ1n) is 0.447. The molecule has 0 aromatic heterocycles. The van der Waals surface area contributed by atoms with Crippen molar-refractivity contribution in [2.75, 3.05) is 0 Å². The first-order chi connectivity index (χ1) is 2.00. The molecule has 0 fully saturated rings. The third-order valence-corrected chi connectivity index (χ3v) is 0. The van der Waals surface area contributed by atoms with E-state index in [-0.39, 0.29) is 16.4 Å². The van der Waals surface area contributed by atoms with Crippen LogP contribution in [0.15, 0.2) is 0 Å². The van der Waals surface area contributed by atoms with Gasteiger partial charge in [-0.15, -0.1) is 0 Å². The van der Waals surface area contributed by atoms with Gasteiger partial charge in [-0.05, 0) is 0 Å². The van der Waals surface area contributed by atoms with Gasteiger partial charge in [-0.2, -0.15) is 0 Å². The maximum atomic E-state index is 7.00. The topological polar surface area (TPSA) is 126 Å². The van der Waals surface area contributed by atoms with E-state index in [1.54, 1.807) is 0 Å². The molecule has 0 aliphatic carbocycles. The molecule has 0 spiro atoms. The van der Waals surface area contributed by atoms with E-state index in [9.17, 15) is 0 Å². The van der Waals surface area contributed by atoms with Crippen LogP contribution in [-0.4, -0.2) is 7.38 Å². The summed E-state index contributed by atoms with van der Waals surface area (Å²) in [5.74, 6) is 0. The summed E-state index contributed by atoms with van der Waals surface area (Å²) in [6.45, 7) is 0. The molecule has 0 amide bonds. The summed E-state index contributed by atoms with van der Waals surface area (Å²) in [5, 5.41) is 0. The first-order valence-corrected chi connectivity index (χ1v) is 1.84. The molecule has 0 bridgehead atoms. The van der Waals surface area contributed by atoms with Crippen LogP contribution in [0, 0.1) is 0 Å². The number of hydrogen-bond acceptors (Lipinski definition) is 2. The van der Waals surface area contributed by atoms with Gasteiger partial charge in [-0.25, -0.2) is 0 Å². The van der Waals surface area contributed by atoms with E-state index in [1.165, 1.54) is 0 Å². The Morgan fingerprint density at radius 1 is 0.571 bits per heavy atom. The van der Waals surface area contributed by atoms with Crippen molar-refractivity contribution in [1.82, 2.24) is 0 Å². The molecule has 0 unspecified atom stereocenters. The number of rotatable bonds is 0. The Morgan fingerprint density at radius 2 is 0.571 bits per heavy atom. The summed E-state index contributed by atoms with van der Waals surface area (Å²) < 4.78 is 14.0. The second-order valence-electron chi connectivity index (χ2n) is 0. The van der Waals surface area contributed by atoms with Gasteiger partial charge in [0, 0.05) is 0 Å². The molecule has 0 radical (unpaired) electrons. The molecular weight excluding hydrogens is 176 g/mol. The van der Waals surface area contributed by atoms with E-state index in [0.717, 1.165) is 41.6 Å². The molecule has 0 saturated heterocycles. The SMILES string of the molecule is [O-2].[O-2].[O-2].[OH][Ti+3].[OH][Ti+3]. The van der Waals surface area contributed by atoms with Crippen molar-refractivity contribution in [1.29, 1.82) is 0 Å². The average Bonchev–Trinajstić information content (AvgIpc) is 1.50. The summed E-state index contributed by atoms with van der Waals surface area (Å²) in [4.78, 5) is 0. The minimum atomic E-state index is 0. The Hall–Kier alpha value is 1.23. The third kappa shape index (κ3) is 131. The molecule has 2 N–H and O–H groups in total. The zero-order chi connectivity index (χ0) is 4.00. The third-order valence-electron chi connectivity index (χ3n) is 0. The zero-order valence-corrected chi connectivity index (χ0v) is 6.24. The van der Waals surface area contributed by atoms with E-state index in [2.05, 4.69) is 0 Å². The monoisotopic (exact) mass is 178 g/mol. The van der Waals surface area contributed by atoms with Crippen molar-refractivity contribution in [2.45, 2.75) is 0 Å². The van der Waals surface area contributed by atoms with Crippen molar-refractivity contribution in [3.8, 4) is 0 Å². The van der Waals surface area contributed by atoms with Crippen LogP contribution in [0.1, 0.15) is 0 Å². The fourth-order valence-electron chi connectivity index (χ4n) is 0. The molecule has 0 heterocycles. The Labute approximate surface area is 65.4 Å². The quantitative estimate of drug-likeness (QED) is 0.438. The van der Waals surface area contributed by atoms with Crippen molar-refractivity contribution >= 4 is 0 Å². The Kier molecular flexibility index (Phi) is 1090. The van der Waals surface area contributed by atoms with Crippen LogP contribution in [0.2, 0.25) is 0 Å². The molecular formula is H2O5Ti2. The molecule has 0 saturated carbocycles. The van der Waals surface area contributed by atoms with Crippen molar-refractivity contribution in [2.24, 2.45) is 0 Å². The van der Waals surface area contributed by atoms with Gasteiger partial charge in [-0.1, -0.05) is 0 Å². The standard InChI is InChI=1S/2H2O.3O.2Ti/h2*1H2;;;;;/q;;3*-2;2*+4/p-2. The Balaban J connectivity index is -0.00000000267. The summed E-state index contributed by atoms with van der Waals surface area (Å²) >= 11 is 2.00. The average molecular weight is 178 g/mol. The molecule has 7 heteroatoms. The summed E-state index contributed by atoms with van der Waals surface area (Å²) in [5.41, 5.74) is 0. The van der Waals surface area contributed by atoms with Gasteiger partial charge in [-0.3, -0.25) is 0 Å². The molecule has 0 atom stereocenters. The molecule has 0 aromatic rings. The molecule has 7 heavy (non-hydrogen) atoms. The second-order valence-corrected chi connectivity index (χ2v) is 0. The van der Waals surface area contributed by atoms with Gasteiger partial charge in [0.25, 0.3) is 0 Å². The van der Waals surface area contributed by atoms with Crippen LogP contribution in [0.4, 0.5) is 0 Å². The van der Waals surface area contributed by atoms with Crippen molar-refractivity contribution in [3.63, 3.8) is 0 Å². The molecule has 5 nitrogen and oxygen atoms in total. The summed E-state index contributed by atoms with van der Waals surface area (Å²) in [6, 6.07) is 0. The van der Waals surface area contributed by atoms with Crippen LogP contribution < -0.4 is 0 Å². The van der Waals surface area contributed by atoms with Crippen LogP contribution >= 0.6 is 0 Å². The van der Waals surface area contributed by atoms with Gasteiger partial charge in [0.15, 0.2) is 0 Å². The summed E-state index contributed by atoms with van der Waals surface area (Å²) in [7, 11) is 0. The molecule has 0 aromatic carbocycles. The van der Waals surface area contributed by atoms with E-state index in [4.69, 9.17) is 7.38 Å². The van der Waals surface area contributed by atoms with Gasteiger partial charge in [0.2, 0.25) is 0 Å². The van der Waals surface area contributed by atoms with Gasteiger partial charge < -0.3 is 16.4 Å². The Bertz CT molecular complexity index is 6.04. The van der Waals surface area contributed by atoms with Crippen LogP contribution in [0.3, 0.4) is 0 Å². The zero-order valence-electron chi connectivity index (χ0n) is 3.12. The van der Waals surface area contributed by atoms with Crippen LogP contribution in [0.25, 0.3) is 0 Å². The van der Waals surface area contributed by atoms with E-state index >= 15 is 0 Å². The van der Waals surface area contributed by atoms with E-state index in [0.29, 0.717) is 0 Å². The predicted molar refractivity (Wildman–Crippen MR) is 6.50 cm³/mol. The second kappa shape index (κ2) is 186. The molecule has 0 aliphatic heterocycles.